The number of carbonyl (C=O) groups excluding carboxylic acids is 1. The van der Waals surface area contributed by atoms with E-state index in [9.17, 15) is 20.1 Å². The maximum Gasteiger partial charge on any atom is 0.306 e. The number of ether oxygens (including phenoxy) is 3. The fraction of sp³-hybridized carbons (Fsp3) is 0.958. The largest absolute Gasteiger partial charge is 0.454 e. The van der Waals surface area contributed by atoms with Crippen LogP contribution in [0.25, 0.3) is 0 Å². The zero-order valence-corrected chi connectivity index (χ0v) is 19.3. The van der Waals surface area contributed by atoms with Gasteiger partial charge in [-0.15, -0.1) is 0 Å². The smallest absolute Gasteiger partial charge is 0.306 e. The maximum atomic E-state index is 12.4. The first-order valence-electron chi connectivity index (χ1n) is 12.5. The Morgan fingerprint density at radius 3 is 2.23 bits per heavy atom. The molecule has 6 atom stereocenters. The Morgan fingerprint density at radius 1 is 0.871 bits per heavy atom. The molecule has 0 radical (unpaired) electrons. The van der Waals surface area contributed by atoms with E-state index in [0.717, 1.165) is 57.8 Å². The van der Waals surface area contributed by atoms with Crippen LogP contribution in [0.3, 0.4) is 0 Å². The monoisotopic (exact) mass is 444 g/mol. The normalized spacial score (nSPS) is 34.6. The van der Waals surface area contributed by atoms with E-state index in [-0.39, 0.29) is 12.5 Å². The first kappa shape index (κ1) is 26.5. The predicted molar refractivity (Wildman–Crippen MR) is 117 cm³/mol. The van der Waals surface area contributed by atoms with Crippen LogP contribution >= 0.6 is 0 Å². The molecule has 7 nitrogen and oxygen atoms in total. The summed E-state index contributed by atoms with van der Waals surface area (Å²) >= 11 is 0. The van der Waals surface area contributed by atoms with Crippen LogP contribution in [0.2, 0.25) is 0 Å². The standard InChI is InChI=1S/C24H44O7/c1-2-3-4-11-14-18-15-12-9-7-5-6-8-10-13-16-20(26)31-23-22(28)21(27)19(17-25)30-24(23)29-18/h18-19,21-25,27-28H,2-17H2,1H3/t18-,19-,21-,22+,23-,24-/m1/s1. The van der Waals surface area contributed by atoms with Crippen LogP contribution in [0.4, 0.5) is 0 Å². The van der Waals surface area contributed by atoms with Gasteiger partial charge in [0.2, 0.25) is 0 Å². The van der Waals surface area contributed by atoms with Crippen LogP contribution in [-0.2, 0) is 19.0 Å². The van der Waals surface area contributed by atoms with Gasteiger partial charge in [0.05, 0.1) is 12.7 Å². The average Bonchev–Trinajstić information content (AvgIpc) is 2.76. The molecule has 0 bridgehead atoms. The van der Waals surface area contributed by atoms with Gasteiger partial charge in [-0.3, -0.25) is 4.79 Å². The molecule has 2 aliphatic rings. The summed E-state index contributed by atoms with van der Waals surface area (Å²) in [7, 11) is 0. The van der Waals surface area contributed by atoms with Crippen LogP contribution in [0.1, 0.15) is 103 Å². The number of hydrogen-bond acceptors (Lipinski definition) is 7. The first-order valence-corrected chi connectivity index (χ1v) is 12.5. The lowest BCUT2D eigenvalue weighted by atomic mass is 9.98. The SMILES string of the molecule is CCCCCC[C@@H]1CCCCCCCCCCC(=O)O[C@H]2[C@H](O1)O[C@H](CO)[C@@H](O)[C@@H]2O. The van der Waals surface area contributed by atoms with Gasteiger partial charge in [-0.1, -0.05) is 77.6 Å². The Kier molecular flexibility index (Phi) is 13.0. The number of unbranched alkanes of at least 4 members (excludes halogenated alkanes) is 3. The van der Waals surface area contributed by atoms with E-state index in [1.165, 1.54) is 32.1 Å². The molecular formula is C24H44O7. The molecule has 0 unspecified atom stereocenters. The number of aliphatic hydroxyl groups excluding tert-OH is 3. The van der Waals surface area contributed by atoms with Crippen LogP contribution in [0.5, 0.6) is 0 Å². The molecule has 0 spiro atoms. The number of aliphatic hydroxyl groups is 3. The molecule has 2 fully saturated rings. The highest BCUT2D eigenvalue weighted by molar-refractivity contribution is 5.69. The van der Waals surface area contributed by atoms with Crippen molar-refractivity contribution in [1.82, 2.24) is 0 Å². The topological polar surface area (TPSA) is 105 Å². The number of esters is 1. The third-order valence-corrected chi connectivity index (χ3v) is 6.46. The van der Waals surface area contributed by atoms with Gasteiger partial charge in [-0.2, -0.15) is 0 Å². The average molecular weight is 445 g/mol. The summed E-state index contributed by atoms with van der Waals surface area (Å²) in [5.41, 5.74) is 0. The van der Waals surface area contributed by atoms with Crippen molar-refractivity contribution in [3.8, 4) is 0 Å². The van der Waals surface area contributed by atoms with Crippen LogP contribution < -0.4 is 0 Å². The van der Waals surface area contributed by atoms with Crippen molar-refractivity contribution in [2.24, 2.45) is 0 Å². The predicted octanol–water partition coefficient (Wildman–Crippen LogP) is 3.61. The van der Waals surface area contributed by atoms with Crippen molar-refractivity contribution in [2.45, 2.75) is 140 Å². The second-order valence-corrected chi connectivity index (χ2v) is 9.14. The summed E-state index contributed by atoms with van der Waals surface area (Å²) in [6, 6.07) is 0. The number of hydrogen-bond donors (Lipinski definition) is 3. The van der Waals surface area contributed by atoms with E-state index < -0.39 is 43.3 Å². The van der Waals surface area contributed by atoms with E-state index in [1.54, 1.807) is 0 Å². The molecule has 0 amide bonds. The highest BCUT2D eigenvalue weighted by atomic mass is 16.7. The summed E-state index contributed by atoms with van der Waals surface area (Å²) in [6.45, 7) is 1.74. The van der Waals surface area contributed by atoms with Gasteiger partial charge < -0.3 is 29.5 Å². The van der Waals surface area contributed by atoms with Crippen LogP contribution in [0.15, 0.2) is 0 Å². The molecule has 31 heavy (non-hydrogen) atoms. The molecular weight excluding hydrogens is 400 g/mol. The van der Waals surface area contributed by atoms with E-state index in [1.807, 2.05) is 0 Å². The fourth-order valence-electron chi connectivity index (χ4n) is 4.47. The zero-order chi connectivity index (χ0) is 22.5. The Bertz CT molecular complexity index is 487. The second-order valence-electron chi connectivity index (χ2n) is 9.14. The van der Waals surface area contributed by atoms with Gasteiger partial charge in [0.1, 0.15) is 18.3 Å². The molecule has 0 aromatic heterocycles. The Morgan fingerprint density at radius 2 is 1.55 bits per heavy atom. The molecule has 2 aliphatic heterocycles. The van der Waals surface area contributed by atoms with Crippen molar-refractivity contribution in [3.63, 3.8) is 0 Å². The molecule has 182 valence electrons. The molecule has 7 heteroatoms. The van der Waals surface area contributed by atoms with Crippen molar-refractivity contribution < 1.29 is 34.3 Å². The lowest BCUT2D eigenvalue weighted by Crippen LogP contribution is -2.61. The van der Waals surface area contributed by atoms with Gasteiger partial charge in [0.25, 0.3) is 0 Å². The minimum atomic E-state index is -1.36. The summed E-state index contributed by atoms with van der Waals surface area (Å²) in [4.78, 5) is 12.4. The second kappa shape index (κ2) is 15.2. The Hall–Kier alpha value is -0.730. The lowest BCUT2D eigenvalue weighted by molar-refractivity contribution is -0.314. The lowest BCUT2D eigenvalue weighted by Gasteiger charge is -2.42. The molecule has 2 rings (SSSR count). The maximum absolute atomic E-state index is 12.4. The van der Waals surface area contributed by atoms with Gasteiger partial charge in [-0.25, -0.2) is 0 Å². The number of fused-ring (bicyclic) bond motifs is 1. The van der Waals surface area contributed by atoms with Gasteiger partial charge in [-0.05, 0) is 19.3 Å². The minimum Gasteiger partial charge on any atom is -0.454 e. The Balaban J connectivity index is 2.10. The third-order valence-electron chi connectivity index (χ3n) is 6.46. The molecule has 0 aromatic rings. The Labute approximate surface area is 187 Å². The van der Waals surface area contributed by atoms with Crippen LogP contribution in [0, 0.1) is 0 Å². The van der Waals surface area contributed by atoms with Crippen molar-refractivity contribution in [1.29, 1.82) is 0 Å². The summed E-state index contributed by atoms with van der Waals surface area (Å²) < 4.78 is 17.6. The van der Waals surface area contributed by atoms with Crippen molar-refractivity contribution in [3.05, 3.63) is 0 Å². The van der Waals surface area contributed by atoms with Gasteiger partial charge in [0, 0.05) is 6.42 Å². The summed E-state index contributed by atoms with van der Waals surface area (Å²) in [5.74, 6) is -0.414. The van der Waals surface area contributed by atoms with Gasteiger partial charge >= 0.3 is 5.97 Å². The number of carbonyl (C=O) groups is 1. The summed E-state index contributed by atoms with van der Waals surface area (Å²) in [5, 5.41) is 30.5. The first-order chi connectivity index (χ1) is 15.1. The van der Waals surface area contributed by atoms with E-state index in [0.29, 0.717) is 0 Å². The molecule has 0 saturated carbocycles. The quantitative estimate of drug-likeness (QED) is 0.424. The zero-order valence-electron chi connectivity index (χ0n) is 19.3. The fourth-order valence-corrected chi connectivity index (χ4v) is 4.47. The van der Waals surface area contributed by atoms with Crippen molar-refractivity contribution >= 4 is 5.97 Å². The minimum absolute atomic E-state index is 0.0715. The van der Waals surface area contributed by atoms with E-state index in [4.69, 9.17) is 14.2 Å². The van der Waals surface area contributed by atoms with Gasteiger partial charge in [0.15, 0.2) is 12.4 Å². The van der Waals surface area contributed by atoms with E-state index >= 15 is 0 Å². The molecule has 0 aliphatic carbocycles. The highest BCUT2D eigenvalue weighted by Crippen LogP contribution is 2.28. The third kappa shape index (κ3) is 9.34. The molecule has 3 N–H and O–H groups in total. The summed E-state index contributed by atoms with van der Waals surface area (Å²) in [6.07, 6.45) is 9.43. The van der Waals surface area contributed by atoms with Crippen LogP contribution in [-0.4, -0.2) is 64.7 Å². The van der Waals surface area contributed by atoms with Crippen molar-refractivity contribution in [2.75, 3.05) is 6.61 Å². The molecule has 0 aromatic carbocycles. The molecule has 2 heterocycles. The highest BCUT2D eigenvalue weighted by Gasteiger charge is 2.47. The van der Waals surface area contributed by atoms with E-state index in [2.05, 4.69) is 6.92 Å². The number of rotatable bonds is 6. The molecule has 2 saturated heterocycles.